The highest BCUT2D eigenvalue weighted by Crippen LogP contribution is 2.37. The van der Waals surface area contributed by atoms with Gasteiger partial charge in [-0.25, -0.2) is 19.2 Å². The van der Waals surface area contributed by atoms with E-state index in [1.807, 2.05) is 30.0 Å². The Kier molecular flexibility index (Phi) is 4.11. The van der Waals surface area contributed by atoms with Gasteiger partial charge in [-0.1, -0.05) is 18.9 Å². The standard InChI is InChI=1S/C19H21FN4O/c1-12-6-7-15(8-16(12)18-21-9-14(20)10-22-18)23-19(25)24-11-13-4-2-3-5-17(13)24/h6-10,13,17H,2-5,11H2,1H3,(H,23,25)/t13-,17-/m1/s1. The predicted molar refractivity (Wildman–Crippen MR) is 93.6 cm³/mol. The molecule has 2 fully saturated rings. The molecule has 0 unspecified atom stereocenters. The van der Waals surface area contributed by atoms with Gasteiger partial charge in [0.25, 0.3) is 0 Å². The van der Waals surface area contributed by atoms with Crippen molar-refractivity contribution in [3.63, 3.8) is 0 Å². The number of carbonyl (C=O) groups excluding carboxylic acids is 1. The summed E-state index contributed by atoms with van der Waals surface area (Å²) in [6.07, 6.45) is 7.15. The number of aromatic nitrogens is 2. The number of likely N-dealkylation sites (tertiary alicyclic amines) is 1. The maximum atomic E-state index is 13.0. The van der Waals surface area contributed by atoms with Crippen molar-refractivity contribution in [3.8, 4) is 11.4 Å². The van der Waals surface area contributed by atoms with Crippen molar-refractivity contribution in [1.82, 2.24) is 14.9 Å². The summed E-state index contributed by atoms with van der Waals surface area (Å²) >= 11 is 0. The van der Waals surface area contributed by atoms with Gasteiger partial charge >= 0.3 is 6.03 Å². The zero-order chi connectivity index (χ0) is 17.4. The number of urea groups is 1. The minimum Gasteiger partial charge on any atom is -0.321 e. The SMILES string of the molecule is Cc1ccc(NC(=O)N2C[C@H]3CCCC[C@H]32)cc1-c1ncc(F)cn1. The van der Waals surface area contributed by atoms with Crippen molar-refractivity contribution in [1.29, 1.82) is 0 Å². The van der Waals surface area contributed by atoms with Crippen LogP contribution in [-0.2, 0) is 0 Å². The van der Waals surface area contributed by atoms with E-state index in [9.17, 15) is 9.18 Å². The molecule has 1 saturated carbocycles. The lowest BCUT2D eigenvalue weighted by molar-refractivity contribution is 0.0256. The highest BCUT2D eigenvalue weighted by atomic mass is 19.1. The fourth-order valence-electron chi connectivity index (χ4n) is 3.88. The van der Waals surface area contributed by atoms with E-state index in [-0.39, 0.29) is 6.03 Å². The topological polar surface area (TPSA) is 58.1 Å². The summed E-state index contributed by atoms with van der Waals surface area (Å²) in [4.78, 5) is 22.6. The average molecular weight is 340 g/mol. The molecule has 2 heterocycles. The molecule has 1 aromatic carbocycles. The zero-order valence-corrected chi connectivity index (χ0v) is 14.2. The van der Waals surface area contributed by atoms with Crippen LogP contribution in [0.25, 0.3) is 11.4 Å². The summed E-state index contributed by atoms with van der Waals surface area (Å²) < 4.78 is 13.0. The van der Waals surface area contributed by atoms with Crippen LogP contribution >= 0.6 is 0 Å². The molecule has 0 spiro atoms. The number of halogens is 1. The largest absolute Gasteiger partial charge is 0.322 e. The quantitative estimate of drug-likeness (QED) is 0.899. The fourth-order valence-corrected chi connectivity index (χ4v) is 3.88. The molecule has 1 saturated heterocycles. The van der Waals surface area contributed by atoms with Gasteiger partial charge in [-0.15, -0.1) is 0 Å². The Labute approximate surface area is 146 Å². The van der Waals surface area contributed by atoms with Crippen molar-refractivity contribution < 1.29 is 9.18 Å². The zero-order valence-electron chi connectivity index (χ0n) is 14.2. The molecular formula is C19H21FN4O. The van der Waals surface area contributed by atoms with E-state index in [1.54, 1.807) is 0 Å². The number of benzene rings is 1. The second kappa shape index (κ2) is 6.43. The monoisotopic (exact) mass is 340 g/mol. The molecule has 0 bridgehead atoms. The Morgan fingerprint density at radius 1 is 1.24 bits per heavy atom. The third-order valence-electron chi connectivity index (χ3n) is 5.31. The average Bonchev–Trinajstić information content (AvgIpc) is 2.58. The first-order valence-electron chi connectivity index (χ1n) is 8.78. The normalized spacial score (nSPS) is 22.1. The van der Waals surface area contributed by atoms with Crippen molar-refractivity contribution in [2.75, 3.05) is 11.9 Å². The number of hydrogen-bond donors (Lipinski definition) is 1. The van der Waals surface area contributed by atoms with Crippen molar-refractivity contribution in [2.45, 2.75) is 38.6 Å². The molecule has 6 heteroatoms. The molecule has 2 amide bonds. The highest BCUT2D eigenvalue weighted by Gasteiger charge is 2.42. The Balaban J connectivity index is 1.50. The van der Waals surface area contributed by atoms with Crippen LogP contribution in [0.3, 0.4) is 0 Å². The van der Waals surface area contributed by atoms with Crippen LogP contribution in [0.5, 0.6) is 0 Å². The molecule has 2 aliphatic rings. The molecule has 25 heavy (non-hydrogen) atoms. The van der Waals surface area contributed by atoms with Crippen LogP contribution in [0, 0.1) is 18.7 Å². The van der Waals surface area contributed by atoms with Gasteiger partial charge in [0.05, 0.1) is 12.4 Å². The van der Waals surface area contributed by atoms with Crippen LogP contribution in [0.4, 0.5) is 14.9 Å². The van der Waals surface area contributed by atoms with Crippen LogP contribution in [-0.4, -0.2) is 33.5 Å². The summed E-state index contributed by atoms with van der Waals surface area (Å²) in [6, 6.07) is 5.99. The van der Waals surface area contributed by atoms with Gasteiger partial charge in [0.15, 0.2) is 11.6 Å². The molecule has 130 valence electrons. The van der Waals surface area contributed by atoms with Crippen LogP contribution in [0.1, 0.15) is 31.2 Å². The Bertz CT molecular complexity index is 793. The number of nitrogens with one attached hydrogen (secondary N) is 1. The van der Waals surface area contributed by atoms with Gasteiger partial charge in [0, 0.05) is 23.8 Å². The summed E-state index contributed by atoms with van der Waals surface area (Å²) in [6.45, 7) is 2.80. The van der Waals surface area contributed by atoms with E-state index in [4.69, 9.17) is 0 Å². The van der Waals surface area contributed by atoms with Crippen molar-refractivity contribution >= 4 is 11.7 Å². The molecule has 1 aromatic heterocycles. The first kappa shape index (κ1) is 16.0. The Morgan fingerprint density at radius 2 is 2.00 bits per heavy atom. The van der Waals surface area contributed by atoms with Crippen LogP contribution < -0.4 is 5.32 Å². The van der Waals surface area contributed by atoms with E-state index in [0.717, 1.165) is 36.5 Å². The molecular weight excluding hydrogens is 319 g/mol. The molecule has 2 aromatic rings. The summed E-state index contributed by atoms with van der Waals surface area (Å²) in [5.74, 6) is 0.665. The van der Waals surface area contributed by atoms with E-state index >= 15 is 0 Å². The Morgan fingerprint density at radius 3 is 2.76 bits per heavy atom. The first-order chi connectivity index (χ1) is 12.1. The van der Waals surface area contributed by atoms with E-state index < -0.39 is 5.82 Å². The molecule has 0 radical (unpaired) electrons. The molecule has 5 nitrogen and oxygen atoms in total. The van der Waals surface area contributed by atoms with Crippen LogP contribution in [0.2, 0.25) is 0 Å². The second-order valence-electron chi connectivity index (χ2n) is 6.95. The predicted octanol–water partition coefficient (Wildman–Crippen LogP) is 4.00. The number of fused-ring (bicyclic) bond motifs is 1. The number of nitrogens with zero attached hydrogens (tertiary/aromatic N) is 3. The third kappa shape index (κ3) is 3.08. The van der Waals surface area contributed by atoms with Crippen molar-refractivity contribution in [3.05, 3.63) is 42.0 Å². The van der Waals surface area contributed by atoms with Gasteiger partial charge < -0.3 is 10.2 Å². The lowest BCUT2D eigenvalue weighted by Gasteiger charge is -2.50. The minimum absolute atomic E-state index is 0.0435. The molecule has 1 aliphatic heterocycles. The lowest BCUT2D eigenvalue weighted by Crippen LogP contribution is -2.60. The fraction of sp³-hybridized carbons (Fsp3) is 0.421. The van der Waals surface area contributed by atoms with E-state index in [2.05, 4.69) is 15.3 Å². The summed E-state index contributed by atoms with van der Waals surface area (Å²) in [7, 11) is 0. The number of rotatable bonds is 2. The smallest absolute Gasteiger partial charge is 0.321 e. The maximum Gasteiger partial charge on any atom is 0.322 e. The van der Waals surface area contributed by atoms with E-state index in [0.29, 0.717) is 23.5 Å². The lowest BCUT2D eigenvalue weighted by atomic mass is 9.77. The molecule has 4 rings (SSSR count). The molecule has 1 N–H and O–H groups in total. The van der Waals surface area contributed by atoms with Crippen molar-refractivity contribution in [2.24, 2.45) is 5.92 Å². The minimum atomic E-state index is -0.467. The molecule has 1 aliphatic carbocycles. The second-order valence-corrected chi connectivity index (χ2v) is 6.95. The first-order valence-corrected chi connectivity index (χ1v) is 8.78. The summed E-state index contributed by atoms with van der Waals surface area (Å²) in [5, 5.41) is 2.98. The van der Waals surface area contributed by atoms with Gasteiger partial charge in [-0.05, 0) is 43.4 Å². The third-order valence-corrected chi connectivity index (χ3v) is 5.31. The number of carbonyl (C=O) groups is 1. The number of hydrogen-bond acceptors (Lipinski definition) is 3. The summed E-state index contributed by atoms with van der Waals surface area (Å²) in [5.41, 5.74) is 2.47. The number of amides is 2. The van der Waals surface area contributed by atoms with Crippen LogP contribution in [0.15, 0.2) is 30.6 Å². The Hall–Kier alpha value is -2.50. The van der Waals surface area contributed by atoms with Gasteiger partial charge in [-0.3, -0.25) is 0 Å². The number of aryl methyl sites for hydroxylation is 1. The van der Waals surface area contributed by atoms with Gasteiger partial charge in [0.2, 0.25) is 0 Å². The highest BCUT2D eigenvalue weighted by molar-refractivity contribution is 5.91. The maximum absolute atomic E-state index is 13.0. The van der Waals surface area contributed by atoms with Gasteiger partial charge in [-0.2, -0.15) is 0 Å². The molecule has 2 atom stereocenters. The number of anilines is 1. The van der Waals surface area contributed by atoms with Gasteiger partial charge in [0.1, 0.15) is 0 Å². The van der Waals surface area contributed by atoms with E-state index in [1.165, 1.54) is 19.3 Å².